The molecule has 6 heteroatoms. The summed E-state index contributed by atoms with van der Waals surface area (Å²) in [5.74, 6) is 1.05. The lowest BCUT2D eigenvalue weighted by Crippen LogP contribution is -2.13. The minimum absolute atomic E-state index is 0.0586. The quantitative estimate of drug-likeness (QED) is 0.678. The molecule has 0 bridgehead atoms. The number of ether oxygens (including phenoxy) is 1. The van der Waals surface area contributed by atoms with Crippen molar-refractivity contribution in [3.63, 3.8) is 0 Å². The molecule has 5 nitrogen and oxygen atoms in total. The van der Waals surface area contributed by atoms with Gasteiger partial charge in [-0.2, -0.15) is 0 Å². The molecule has 1 amide bonds. The number of nitrogens with zero attached hydrogens (tertiary/aromatic N) is 1. The molecule has 0 aliphatic rings. The second kappa shape index (κ2) is 7.19. The number of aromatic nitrogens is 2. The lowest BCUT2D eigenvalue weighted by Gasteiger charge is -2.03. The van der Waals surface area contributed by atoms with Gasteiger partial charge in [-0.3, -0.25) is 4.79 Å². The van der Waals surface area contributed by atoms with Gasteiger partial charge in [0, 0.05) is 11.8 Å². The van der Waals surface area contributed by atoms with Crippen LogP contribution in [0, 0.1) is 0 Å². The van der Waals surface area contributed by atoms with Gasteiger partial charge in [0.1, 0.15) is 5.75 Å². The number of para-hydroxylation sites is 1. The van der Waals surface area contributed by atoms with Crippen molar-refractivity contribution in [2.75, 3.05) is 17.7 Å². The molecule has 0 aliphatic heterocycles. The van der Waals surface area contributed by atoms with Crippen LogP contribution in [-0.2, 0) is 4.79 Å². The first-order valence-electron chi connectivity index (χ1n) is 7.35. The molecule has 118 valence electrons. The fraction of sp³-hybridized carbons (Fsp3) is 0.176. The van der Waals surface area contributed by atoms with Crippen LogP contribution in [0.15, 0.2) is 53.7 Å². The number of hydrogen-bond acceptors (Lipinski definition) is 4. The van der Waals surface area contributed by atoms with Gasteiger partial charge >= 0.3 is 0 Å². The van der Waals surface area contributed by atoms with Crippen LogP contribution in [0.5, 0.6) is 5.75 Å². The Morgan fingerprint density at radius 3 is 2.87 bits per heavy atom. The molecule has 0 spiro atoms. The van der Waals surface area contributed by atoms with Crippen molar-refractivity contribution in [3.8, 4) is 5.75 Å². The summed E-state index contributed by atoms with van der Waals surface area (Å²) in [7, 11) is 0. The van der Waals surface area contributed by atoms with Crippen LogP contribution in [0.4, 0.5) is 5.69 Å². The molecule has 0 aliphatic carbocycles. The highest BCUT2D eigenvalue weighted by Crippen LogP contribution is 2.23. The third-order valence-corrected chi connectivity index (χ3v) is 4.01. The molecule has 23 heavy (non-hydrogen) atoms. The maximum Gasteiger partial charge on any atom is 0.234 e. The largest absolute Gasteiger partial charge is 0.494 e. The Balaban J connectivity index is 1.61. The molecule has 0 fully saturated rings. The number of rotatable bonds is 6. The Labute approximate surface area is 138 Å². The summed E-state index contributed by atoms with van der Waals surface area (Å²) < 4.78 is 5.47. The van der Waals surface area contributed by atoms with Crippen LogP contribution >= 0.6 is 11.8 Å². The maximum absolute atomic E-state index is 11.9. The van der Waals surface area contributed by atoms with Crippen molar-refractivity contribution in [3.05, 3.63) is 48.5 Å². The van der Waals surface area contributed by atoms with Gasteiger partial charge in [-0.1, -0.05) is 30.0 Å². The van der Waals surface area contributed by atoms with Gasteiger partial charge in [0.2, 0.25) is 5.91 Å². The Hall–Kier alpha value is -2.47. The molecular weight excluding hydrogens is 310 g/mol. The molecule has 2 N–H and O–H groups in total. The van der Waals surface area contributed by atoms with E-state index in [0.717, 1.165) is 27.6 Å². The van der Waals surface area contributed by atoms with Crippen molar-refractivity contribution in [2.24, 2.45) is 0 Å². The number of carbonyl (C=O) groups excluding carboxylic acids is 1. The van der Waals surface area contributed by atoms with Gasteiger partial charge < -0.3 is 15.0 Å². The first-order chi connectivity index (χ1) is 11.2. The molecular formula is C17H17N3O2S. The summed E-state index contributed by atoms with van der Waals surface area (Å²) >= 11 is 1.37. The topological polar surface area (TPSA) is 67.0 Å². The molecule has 3 rings (SSSR count). The first kappa shape index (κ1) is 15.4. The fourth-order valence-electron chi connectivity index (χ4n) is 2.14. The predicted molar refractivity (Wildman–Crippen MR) is 93.1 cm³/mol. The van der Waals surface area contributed by atoms with Crippen LogP contribution in [0.25, 0.3) is 11.0 Å². The zero-order valence-electron chi connectivity index (χ0n) is 12.7. The van der Waals surface area contributed by atoms with E-state index in [2.05, 4.69) is 15.3 Å². The number of carbonyl (C=O) groups is 1. The number of amides is 1. The zero-order valence-corrected chi connectivity index (χ0v) is 13.5. The molecule has 0 saturated heterocycles. The number of thioether (sulfide) groups is 1. The standard InChI is InChI=1S/C17H17N3O2S/c1-2-22-13-8-9-14-15(10-13)20-17(19-14)23-11-16(21)18-12-6-4-3-5-7-12/h3-10H,2,11H2,1H3,(H,18,21)(H,19,20). The third kappa shape index (κ3) is 4.04. The number of benzene rings is 2. The number of imidazole rings is 1. The Morgan fingerprint density at radius 1 is 1.26 bits per heavy atom. The smallest absolute Gasteiger partial charge is 0.234 e. The fourth-order valence-corrected chi connectivity index (χ4v) is 2.83. The van der Waals surface area contributed by atoms with Gasteiger partial charge in [-0.25, -0.2) is 4.98 Å². The summed E-state index contributed by atoms with van der Waals surface area (Å²) in [4.78, 5) is 19.6. The van der Waals surface area contributed by atoms with Crippen LogP contribution in [-0.4, -0.2) is 28.2 Å². The minimum atomic E-state index is -0.0586. The molecule has 0 saturated carbocycles. The summed E-state index contributed by atoms with van der Waals surface area (Å²) in [5, 5.41) is 3.57. The summed E-state index contributed by atoms with van der Waals surface area (Å²) in [6.45, 7) is 2.57. The van der Waals surface area contributed by atoms with Gasteiger partial charge in [0.05, 0.1) is 23.4 Å². The highest BCUT2D eigenvalue weighted by atomic mass is 32.2. The normalized spacial score (nSPS) is 10.7. The van der Waals surface area contributed by atoms with E-state index in [-0.39, 0.29) is 5.91 Å². The first-order valence-corrected chi connectivity index (χ1v) is 8.33. The highest BCUT2D eigenvalue weighted by molar-refractivity contribution is 7.99. The lowest BCUT2D eigenvalue weighted by molar-refractivity contribution is -0.113. The van der Waals surface area contributed by atoms with Gasteiger partial charge in [-0.05, 0) is 31.2 Å². The Bertz CT molecular complexity index is 802. The van der Waals surface area contributed by atoms with Crippen LogP contribution in [0.1, 0.15) is 6.92 Å². The van der Waals surface area contributed by atoms with E-state index >= 15 is 0 Å². The second-order valence-electron chi connectivity index (χ2n) is 4.86. The van der Waals surface area contributed by atoms with E-state index in [1.165, 1.54) is 11.8 Å². The van der Waals surface area contributed by atoms with Crippen molar-refractivity contribution in [1.82, 2.24) is 9.97 Å². The van der Waals surface area contributed by atoms with E-state index in [1.54, 1.807) is 0 Å². The second-order valence-corrected chi connectivity index (χ2v) is 5.82. The molecule has 0 atom stereocenters. The van der Waals surface area contributed by atoms with E-state index < -0.39 is 0 Å². The van der Waals surface area contributed by atoms with Crippen molar-refractivity contribution in [1.29, 1.82) is 0 Å². The molecule has 2 aromatic carbocycles. The number of nitrogens with one attached hydrogen (secondary N) is 2. The average molecular weight is 327 g/mol. The summed E-state index contributed by atoms with van der Waals surface area (Å²) in [6, 6.07) is 15.1. The van der Waals surface area contributed by atoms with Gasteiger partial charge in [0.25, 0.3) is 0 Å². The van der Waals surface area contributed by atoms with Crippen molar-refractivity contribution >= 4 is 34.4 Å². The monoisotopic (exact) mass is 327 g/mol. The van der Waals surface area contributed by atoms with Crippen molar-refractivity contribution in [2.45, 2.75) is 12.1 Å². The highest BCUT2D eigenvalue weighted by Gasteiger charge is 2.08. The van der Waals surface area contributed by atoms with Gasteiger partial charge in [-0.15, -0.1) is 0 Å². The maximum atomic E-state index is 11.9. The van der Waals surface area contributed by atoms with E-state index in [4.69, 9.17) is 4.74 Å². The predicted octanol–water partition coefficient (Wildman–Crippen LogP) is 3.69. The minimum Gasteiger partial charge on any atom is -0.494 e. The van der Waals surface area contributed by atoms with Crippen LogP contribution in [0.3, 0.4) is 0 Å². The van der Waals surface area contributed by atoms with Crippen LogP contribution < -0.4 is 10.1 Å². The lowest BCUT2D eigenvalue weighted by atomic mass is 10.3. The molecule has 1 aromatic heterocycles. The molecule has 0 unspecified atom stereocenters. The number of H-pyrrole nitrogens is 1. The zero-order chi connectivity index (χ0) is 16.1. The molecule has 3 aromatic rings. The molecule has 1 heterocycles. The number of hydrogen-bond donors (Lipinski definition) is 2. The van der Waals surface area contributed by atoms with E-state index in [1.807, 2.05) is 55.5 Å². The van der Waals surface area contributed by atoms with Crippen molar-refractivity contribution < 1.29 is 9.53 Å². The molecule has 0 radical (unpaired) electrons. The van der Waals surface area contributed by atoms with Gasteiger partial charge in [0.15, 0.2) is 5.16 Å². The number of fused-ring (bicyclic) bond motifs is 1. The average Bonchev–Trinajstić information content (AvgIpc) is 2.96. The number of anilines is 1. The summed E-state index contributed by atoms with van der Waals surface area (Å²) in [5.41, 5.74) is 2.56. The Morgan fingerprint density at radius 2 is 2.09 bits per heavy atom. The summed E-state index contributed by atoms with van der Waals surface area (Å²) in [6.07, 6.45) is 0. The van der Waals surface area contributed by atoms with Crippen LogP contribution in [0.2, 0.25) is 0 Å². The SMILES string of the molecule is CCOc1ccc2nc(SCC(=O)Nc3ccccc3)[nH]c2c1. The third-order valence-electron chi connectivity index (χ3n) is 3.14. The Kier molecular flexibility index (Phi) is 4.83. The van der Waals surface area contributed by atoms with E-state index in [9.17, 15) is 4.79 Å². The number of aromatic amines is 1. The van der Waals surface area contributed by atoms with E-state index in [0.29, 0.717) is 12.4 Å².